The number of halogens is 1. The number of rotatable bonds is 3. The van der Waals surface area contributed by atoms with Crippen LogP contribution in [0.25, 0.3) is 0 Å². The van der Waals surface area contributed by atoms with Crippen LogP contribution in [-0.4, -0.2) is 17.6 Å². The lowest BCUT2D eigenvalue weighted by Gasteiger charge is -2.18. The Balaban J connectivity index is 1.76. The Hall–Kier alpha value is -2.08. The van der Waals surface area contributed by atoms with E-state index in [1.807, 2.05) is 12.1 Å². The molecule has 3 rings (SSSR count). The van der Waals surface area contributed by atoms with Gasteiger partial charge >= 0.3 is 0 Å². The van der Waals surface area contributed by atoms with Gasteiger partial charge in [0.1, 0.15) is 5.75 Å². The van der Waals surface area contributed by atoms with Gasteiger partial charge in [0.2, 0.25) is 5.91 Å². The fourth-order valence-corrected chi connectivity index (χ4v) is 2.66. The first-order chi connectivity index (χ1) is 10.6. The van der Waals surface area contributed by atoms with Crippen molar-refractivity contribution in [3.63, 3.8) is 0 Å². The first-order valence-corrected chi connectivity index (χ1v) is 7.35. The summed E-state index contributed by atoms with van der Waals surface area (Å²) in [5, 5.41) is 13.2. The van der Waals surface area contributed by atoms with Crippen LogP contribution in [0, 0.1) is 5.92 Å². The molecule has 1 fully saturated rings. The highest BCUT2D eigenvalue weighted by Gasteiger charge is 2.34. The molecule has 2 unspecified atom stereocenters. The Labute approximate surface area is 133 Å². The van der Waals surface area contributed by atoms with Gasteiger partial charge in [-0.25, -0.2) is 5.43 Å². The van der Waals surface area contributed by atoms with Gasteiger partial charge in [-0.2, -0.15) is 0 Å². The highest BCUT2D eigenvalue weighted by atomic mass is 35.5. The molecule has 6 heteroatoms. The molecule has 0 aliphatic carbocycles. The molecular weight excluding hydrogens is 302 g/mol. The van der Waals surface area contributed by atoms with E-state index in [2.05, 4.69) is 16.2 Å². The topological polar surface area (TPSA) is 73.4 Å². The predicted octanol–water partition coefficient (Wildman–Crippen LogP) is 2.45. The highest BCUT2D eigenvalue weighted by Crippen LogP contribution is 2.28. The van der Waals surface area contributed by atoms with Crippen LogP contribution in [-0.2, 0) is 4.79 Å². The van der Waals surface area contributed by atoms with Crippen molar-refractivity contribution in [2.75, 3.05) is 11.9 Å². The Kier molecular flexibility index (Phi) is 4.29. The fraction of sp³-hybridized carbons (Fsp3) is 0.188. The monoisotopic (exact) mass is 317 g/mol. The number of para-hydroxylation sites is 2. The van der Waals surface area contributed by atoms with Crippen LogP contribution in [0.5, 0.6) is 5.75 Å². The predicted molar refractivity (Wildman–Crippen MR) is 85.6 cm³/mol. The first kappa shape index (κ1) is 14.8. The van der Waals surface area contributed by atoms with Crippen molar-refractivity contribution in [1.29, 1.82) is 0 Å². The number of benzene rings is 2. The Morgan fingerprint density at radius 1 is 1.18 bits per heavy atom. The molecule has 1 heterocycles. The van der Waals surface area contributed by atoms with Crippen molar-refractivity contribution in [2.45, 2.75) is 6.04 Å². The van der Waals surface area contributed by atoms with E-state index < -0.39 is 0 Å². The van der Waals surface area contributed by atoms with E-state index in [-0.39, 0.29) is 23.6 Å². The number of hydrogen-bond donors (Lipinski definition) is 4. The number of aromatic hydroxyl groups is 1. The third-order valence-electron chi connectivity index (χ3n) is 3.71. The van der Waals surface area contributed by atoms with Gasteiger partial charge in [-0.05, 0) is 29.8 Å². The van der Waals surface area contributed by atoms with Crippen molar-refractivity contribution < 1.29 is 9.90 Å². The molecule has 0 spiro atoms. The normalized spacial score (nSPS) is 20.8. The molecule has 0 radical (unpaired) electrons. The van der Waals surface area contributed by atoms with Crippen molar-refractivity contribution in [3.05, 3.63) is 59.1 Å². The smallest absolute Gasteiger partial charge is 0.230 e. The van der Waals surface area contributed by atoms with Gasteiger partial charge in [0, 0.05) is 11.6 Å². The second kappa shape index (κ2) is 6.36. The number of anilines is 1. The summed E-state index contributed by atoms with van der Waals surface area (Å²) in [5.74, 6) is -0.391. The van der Waals surface area contributed by atoms with Gasteiger partial charge in [-0.3, -0.25) is 10.2 Å². The lowest BCUT2D eigenvalue weighted by molar-refractivity contribution is -0.119. The largest absolute Gasteiger partial charge is 0.506 e. The minimum absolute atomic E-state index is 0.0535. The number of hydrogen-bond acceptors (Lipinski definition) is 4. The van der Waals surface area contributed by atoms with Gasteiger partial charge in [0.05, 0.1) is 17.6 Å². The van der Waals surface area contributed by atoms with Crippen LogP contribution in [0.2, 0.25) is 5.02 Å². The van der Waals surface area contributed by atoms with Crippen molar-refractivity contribution in [3.8, 4) is 5.75 Å². The first-order valence-electron chi connectivity index (χ1n) is 6.98. The second-order valence-corrected chi connectivity index (χ2v) is 5.60. The van der Waals surface area contributed by atoms with Crippen molar-refractivity contribution >= 4 is 23.2 Å². The van der Waals surface area contributed by atoms with Crippen molar-refractivity contribution in [1.82, 2.24) is 10.9 Å². The zero-order valence-electron chi connectivity index (χ0n) is 11.7. The zero-order valence-corrected chi connectivity index (χ0v) is 12.5. The third-order valence-corrected chi connectivity index (χ3v) is 3.96. The van der Waals surface area contributed by atoms with Gasteiger partial charge < -0.3 is 10.4 Å². The quantitative estimate of drug-likeness (QED) is 0.656. The van der Waals surface area contributed by atoms with Gasteiger partial charge in [-0.15, -0.1) is 0 Å². The maximum atomic E-state index is 12.5. The summed E-state index contributed by atoms with van der Waals surface area (Å²) in [6.07, 6.45) is 0. The molecule has 2 atom stereocenters. The van der Waals surface area contributed by atoms with Crippen LogP contribution in [0.4, 0.5) is 5.69 Å². The molecule has 1 saturated heterocycles. The summed E-state index contributed by atoms with van der Waals surface area (Å²) >= 11 is 5.90. The number of nitrogens with one attached hydrogen (secondary N) is 3. The average Bonchev–Trinajstić information content (AvgIpc) is 3.00. The minimum Gasteiger partial charge on any atom is -0.506 e. The summed E-state index contributed by atoms with van der Waals surface area (Å²) in [5.41, 5.74) is 7.51. The number of carbonyl (C=O) groups is 1. The van der Waals surface area contributed by atoms with Crippen LogP contribution < -0.4 is 16.2 Å². The molecule has 22 heavy (non-hydrogen) atoms. The molecule has 0 saturated carbocycles. The summed E-state index contributed by atoms with van der Waals surface area (Å²) < 4.78 is 0. The van der Waals surface area contributed by atoms with Crippen molar-refractivity contribution in [2.24, 2.45) is 5.92 Å². The standard InChI is InChI=1S/C16H16ClN3O2/c17-11-7-5-10(6-8-11)15-12(9-18-20-15)16(22)19-13-3-1-2-4-14(13)21/h1-8,12,15,18,20-21H,9H2,(H,19,22). The van der Waals surface area contributed by atoms with E-state index in [1.54, 1.807) is 30.3 Å². The summed E-state index contributed by atoms with van der Waals surface area (Å²) in [6, 6.07) is 13.9. The Morgan fingerprint density at radius 3 is 2.64 bits per heavy atom. The third kappa shape index (κ3) is 3.06. The van der Waals surface area contributed by atoms with E-state index in [4.69, 9.17) is 11.6 Å². The summed E-state index contributed by atoms with van der Waals surface area (Å²) in [7, 11) is 0. The number of amides is 1. The van der Waals surface area contributed by atoms with E-state index in [9.17, 15) is 9.90 Å². The summed E-state index contributed by atoms with van der Waals surface area (Å²) in [4.78, 5) is 12.5. The van der Waals surface area contributed by atoms with Gasteiger partial charge in [0.25, 0.3) is 0 Å². The van der Waals surface area contributed by atoms with E-state index >= 15 is 0 Å². The van der Waals surface area contributed by atoms with E-state index in [0.717, 1.165) is 5.56 Å². The molecule has 2 aromatic rings. The lowest BCUT2D eigenvalue weighted by Crippen LogP contribution is -2.29. The molecule has 4 N–H and O–H groups in total. The molecular formula is C16H16ClN3O2. The Morgan fingerprint density at radius 2 is 1.91 bits per heavy atom. The average molecular weight is 318 g/mol. The van der Waals surface area contributed by atoms with Crippen LogP contribution in [0.15, 0.2) is 48.5 Å². The molecule has 1 aliphatic rings. The number of carbonyl (C=O) groups excluding carboxylic acids is 1. The molecule has 0 bridgehead atoms. The van der Waals surface area contributed by atoms with Gasteiger partial charge in [0.15, 0.2) is 0 Å². The molecule has 1 aliphatic heterocycles. The number of hydrazine groups is 1. The maximum absolute atomic E-state index is 12.5. The minimum atomic E-state index is -0.291. The molecule has 114 valence electrons. The van der Waals surface area contributed by atoms with Crippen LogP contribution in [0.3, 0.4) is 0 Å². The van der Waals surface area contributed by atoms with Crippen LogP contribution in [0.1, 0.15) is 11.6 Å². The SMILES string of the molecule is O=C(Nc1ccccc1O)C1CNNC1c1ccc(Cl)cc1. The number of phenols is 1. The molecule has 1 amide bonds. The van der Waals surface area contributed by atoms with Gasteiger partial charge in [-0.1, -0.05) is 35.9 Å². The van der Waals surface area contributed by atoms with E-state index in [1.165, 1.54) is 6.07 Å². The van der Waals surface area contributed by atoms with E-state index in [0.29, 0.717) is 17.3 Å². The second-order valence-electron chi connectivity index (χ2n) is 5.17. The highest BCUT2D eigenvalue weighted by molar-refractivity contribution is 6.30. The summed E-state index contributed by atoms with van der Waals surface area (Å²) in [6.45, 7) is 0.507. The maximum Gasteiger partial charge on any atom is 0.230 e. The molecule has 0 aromatic heterocycles. The molecule has 2 aromatic carbocycles. The molecule has 5 nitrogen and oxygen atoms in total. The number of phenolic OH excluding ortho intramolecular Hbond substituents is 1. The fourth-order valence-electron chi connectivity index (χ4n) is 2.53. The van der Waals surface area contributed by atoms with Crippen LogP contribution >= 0.6 is 11.6 Å². The lowest BCUT2D eigenvalue weighted by atomic mass is 9.94. The zero-order chi connectivity index (χ0) is 15.5. The Bertz CT molecular complexity index is 675.